The van der Waals surface area contributed by atoms with Gasteiger partial charge >= 0.3 is 0 Å². The van der Waals surface area contributed by atoms with Crippen molar-refractivity contribution in [2.75, 3.05) is 23.7 Å². The molecular weight excluding hydrogens is 416 g/mol. The zero-order valence-corrected chi connectivity index (χ0v) is 18.7. The van der Waals surface area contributed by atoms with Crippen LogP contribution in [0.1, 0.15) is 31.4 Å². The van der Waals surface area contributed by atoms with Crippen LogP contribution in [0.4, 0.5) is 11.5 Å². The molecule has 0 spiro atoms. The van der Waals surface area contributed by atoms with Crippen LogP contribution in [-0.2, 0) is 14.4 Å². The summed E-state index contributed by atoms with van der Waals surface area (Å²) in [7, 11) is 0. The van der Waals surface area contributed by atoms with Crippen molar-refractivity contribution < 1.29 is 14.4 Å². The van der Waals surface area contributed by atoms with E-state index in [1.54, 1.807) is 38.3 Å². The molecule has 3 heterocycles. The molecule has 0 saturated carbocycles. The predicted molar refractivity (Wildman–Crippen MR) is 127 cm³/mol. The van der Waals surface area contributed by atoms with Crippen molar-refractivity contribution in [1.82, 2.24) is 9.88 Å². The number of rotatable bonds is 3. The van der Waals surface area contributed by atoms with Gasteiger partial charge in [-0.3, -0.25) is 14.4 Å². The first kappa shape index (κ1) is 21.1. The number of likely N-dealkylation sites (tertiary alicyclic amines) is 1. The van der Waals surface area contributed by atoms with Gasteiger partial charge in [0.1, 0.15) is 5.41 Å². The largest absolute Gasteiger partial charge is 0.338 e. The van der Waals surface area contributed by atoms with E-state index >= 15 is 0 Å². The number of allylic oxidation sites excluding steroid dienone is 1. The van der Waals surface area contributed by atoms with Gasteiger partial charge in [0.15, 0.2) is 5.82 Å². The number of nitrogens with zero attached hydrogens (tertiary/aromatic N) is 2. The Morgan fingerprint density at radius 3 is 2.64 bits per heavy atom. The Morgan fingerprint density at radius 2 is 1.88 bits per heavy atom. The number of anilines is 2. The van der Waals surface area contributed by atoms with Crippen molar-refractivity contribution in [2.24, 2.45) is 17.3 Å². The van der Waals surface area contributed by atoms with Crippen LogP contribution in [0, 0.1) is 17.3 Å². The molecule has 2 atom stereocenters. The standard InChI is InChI=1S/C26H26N4O3/c1-26(2)24(32)28-21-10-16(13-27-23(21)29-25(26)33)8-9-22(31)30-14-19-11-18(12-20(19)15-30)17-6-4-3-5-7-17/h3-11,13,19-20H,12,14-15H2,1-2H3,(H,28,32)(H,27,29,33)/b9-8+. The topological polar surface area (TPSA) is 91.4 Å². The van der Waals surface area contributed by atoms with Crippen LogP contribution in [0.2, 0.25) is 0 Å². The van der Waals surface area contributed by atoms with Crippen molar-refractivity contribution in [1.29, 1.82) is 0 Å². The first-order chi connectivity index (χ1) is 15.8. The van der Waals surface area contributed by atoms with Gasteiger partial charge in [0.05, 0.1) is 5.69 Å². The number of benzene rings is 1. The van der Waals surface area contributed by atoms with Gasteiger partial charge in [0, 0.05) is 25.4 Å². The first-order valence-electron chi connectivity index (χ1n) is 11.2. The number of carbonyl (C=O) groups is 3. The molecule has 2 unspecified atom stereocenters. The van der Waals surface area contributed by atoms with Gasteiger partial charge in [0.25, 0.3) is 0 Å². The van der Waals surface area contributed by atoms with Crippen molar-refractivity contribution >= 4 is 40.9 Å². The monoisotopic (exact) mass is 442 g/mol. The summed E-state index contributed by atoms with van der Waals surface area (Å²) in [5, 5.41) is 5.43. The second-order valence-corrected chi connectivity index (χ2v) is 9.46. The van der Waals surface area contributed by atoms with E-state index in [1.165, 1.54) is 11.1 Å². The maximum atomic E-state index is 12.8. The highest BCUT2D eigenvalue weighted by Crippen LogP contribution is 2.41. The molecule has 7 nitrogen and oxygen atoms in total. The summed E-state index contributed by atoms with van der Waals surface area (Å²) in [6.45, 7) is 4.60. The van der Waals surface area contributed by atoms with Crippen LogP contribution >= 0.6 is 0 Å². The average Bonchev–Trinajstić information content (AvgIpc) is 3.37. The van der Waals surface area contributed by atoms with Gasteiger partial charge in [-0.25, -0.2) is 4.98 Å². The first-order valence-corrected chi connectivity index (χ1v) is 11.2. The van der Waals surface area contributed by atoms with E-state index in [0.717, 1.165) is 19.5 Å². The lowest BCUT2D eigenvalue weighted by Gasteiger charge is -2.17. The minimum absolute atomic E-state index is 0.0347. The maximum Gasteiger partial charge on any atom is 0.246 e. The van der Waals surface area contributed by atoms with Gasteiger partial charge in [-0.2, -0.15) is 0 Å². The lowest BCUT2D eigenvalue weighted by molar-refractivity contribution is -0.134. The molecule has 1 aliphatic carbocycles. The van der Waals surface area contributed by atoms with E-state index in [0.29, 0.717) is 28.9 Å². The molecule has 1 aromatic carbocycles. The highest BCUT2D eigenvalue weighted by atomic mass is 16.2. The SMILES string of the molecule is CC1(C)C(=O)Nc2cc(/C=C/C(=O)N3CC4C=C(c5ccccc5)CC4C3)cnc2NC1=O. The number of carbonyl (C=O) groups excluding carboxylic acids is 3. The number of amides is 3. The molecule has 0 bridgehead atoms. The summed E-state index contributed by atoms with van der Waals surface area (Å²) in [5.74, 6) is 0.323. The summed E-state index contributed by atoms with van der Waals surface area (Å²) in [6.07, 6.45) is 8.14. The molecule has 1 saturated heterocycles. The number of nitrogens with one attached hydrogen (secondary N) is 2. The molecule has 2 aromatic rings. The fourth-order valence-electron chi connectivity index (χ4n) is 4.64. The Hall–Kier alpha value is -3.74. The van der Waals surface area contributed by atoms with E-state index in [-0.39, 0.29) is 5.91 Å². The van der Waals surface area contributed by atoms with Crippen LogP contribution in [-0.4, -0.2) is 40.7 Å². The van der Waals surface area contributed by atoms with E-state index in [1.807, 2.05) is 11.0 Å². The lowest BCUT2D eigenvalue weighted by Crippen LogP contribution is -2.39. The van der Waals surface area contributed by atoms with Gasteiger partial charge in [-0.15, -0.1) is 0 Å². The Kier molecular flexibility index (Phi) is 5.12. The summed E-state index contributed by atoms with van der Waals surface area (Å²) in [4.78, 5) is 43.6. The number of aromatic nitrogens is 1. The molecule has 2 aliphatic heterocycles. The Balaban J connectivity index is 1.25. The van der Waals surface area contributed by atoms with Crippen LogP contribution in [0.25, 0.3) is 11.6 Å². The third-order valence-electron chi connectivity index (χ3n) is 6.79. The second kappa shape index (κ2) is 7.99. The van der Waals surface area contributed by atoms with Crippen LogP contribution in [0.15, 0.2) is 54.7 Å². The normalized spacial score (nSPS) is 23.5. The predicted octanol–water partition coefficient (Wildman–Crippen LogP) is 3.57. The fraction of sp³-hybridized carbons (Fsp3) is 0.308. The molecule has 3 amide bonds. The molecule has 7 heteroatoms. The minimum atomic E-state index is -1.20. The highest BCUT2D eigenvalue weighted by Gasteiger charge is 2.40. The van der Waals surface area contributed by atoms with E-state index < -0.39 is 17.2 Å². The third kappa shape index (κ3) is 3.95. The van der Waals surface area contributed by atoms with Gasteiger partial charge < -0.3 is 15.5 Å². The molecule has 1 aromatic heterocycles. The van der Waals surface area contributed by atoms with Crippen LogP contribution in [0.3, 0.4) is 0 Å². The quantitative estimate of drug-likeness (QED) is 0.562. The Bertz CT molecular complexity index is 1200. The van der Waals surface area contributed by atoms with E-state index in [9.17, 15) is 14.4 Å². The Labute approximate surface area is 192 Å². The van der Waals surface area contributed by atoms with Crippen molar-refractivity contribution in [2.45, 2.75) is 20.3 Å². The summed E-state index contributed by atoms with van der Waals surface area (Å²) < 4.78 is 0. The number of hydrogen-bond donors (Lipinski definition) is 2. The molecule has 5 rings (SSSR count). The van der Waals surface area contributed by atoms with Crippen LogP contribution in [0.5, 0.6) is 0 Å². The summed E-state index contributed by atoms with van der Waals surface area (Å²) in [5.41, 5.74) is 2.54. The lowest BCUT2D eigenvalue weighted by atomic mass is 9.91. The van der Waals surface area contributed by atoms with Crippen LogP contribution < -0.4 is 10.6 Å². The molecule has 168 valence electrons. The zero-order valence-electron chi connectivity index (χ0n) is 18.7. The minimum Gasteiger partial charge on any atom is -0.338 e. The third-order valence-corrected chi connectivity index (χ3v) is 6.79. The molecule has 1 fully saturated rings. The Morgan fingerprint density at radius 1 is 1.12 bits per heavy atom. The molecule has 33 heavy (non-hydrogen) atoms. The maximum absolute atomic E-state index is 12.8. The van der Waals surface area contributed by atoms with E-state index in [4.69, 9.17) is 0 Å². The zero-order chi connectivity index (χ0) is 23.2. The molecule has 0 radical (unpaired) electrons. The number of hydrogen-bond acceptors (Lipinski definition) is 4. The fourth-order valence-corrected chi connectivity index (χ4v) is 4.64. The highest BCUT2D eigenvalue weighted by molar-refractivity contribution is 6.17. The number of fused-ring (bicyclic) bond motifs is 2. The van der Waals surface area contributed by atoms with Crippen molar-refractivity contribution in [3.8, 4) is 0 Å². The summed E-state index contributed by atoms with van der Waals surface area (Å²) in [6, 6.07) is 12.1. The average molecular weight is 443 g/mol. The second-order valence-electron chi connectivity index (χ2n) is 9.46. The van der Waals surface area contributed by atoms with Gasteiger partial charge in [-0.05, 0) is 60.9 Å². The van der Waals surface area contributed by atoms with Gasteiger partial charge in [-0.1, -0.05) is 36.4 Å². The molecule has 3 aliphatic rings. The van der Waals surface area contributed by atoms with E-state index in [2.05, 4.69) is 46.0 Å². The van der Waals surface area contributed by atoms with Crippen molar-refractivity contribution in [3.63, 3.8) is 0 Å². The van der Waals surface area contributed by atoms with Crippen molar-refractivity contribution in [3.05, 3.63) is 65.9 Å². The molecular formula is C26H26N4O3. The summed E-state index contributed by atoms with van der Waals surface area (Å²) >= 11 is 0. The van der Waals surface area contributed by atoms with Gasteiger partial charge in [0.2, 0.25) is 17.7 Å². The smallest absolute Gasteiger partial charge is 0.246 e. The number of pyridine rings is 1. The molecule has 2 N–H and O–H groups in total.